The second kappa shape index (κ2) is 5.69. The summed E-state index contributed by atoms with van der Waals surface area (Å²) in [5.41, 5.74) is 8.26. The summed E-state index contributed by atoms with van der Waals surface area (Å²) in [6.07, 6.45) is 9.02. The van der Waals surface area contributed by atoms with Crippen molar-refractivity contribution < 1.29 is 4.42 Å². The molecule has 0 spiro atoms. The first kappa shape index (κ1) is 16.8. The number of aromatic nitrogens is 3. The van der Waals surface area contributed by atoms with Crippen LogP contribution >= 0.6 is 0 Å². The van der Waals surface area contributed by atoms with Gasteiger partial charge in [0.05, 0.1) is 17.3 Å². The number of nitrogens with zero attached hydrogens (tertiary/aromatic N) is 2. The predicted molar refractivity (Wildman–Crippen MR) is 117 cm³/mol. The number of rotatable bonds is 1. The van der Waals surface area contributed by atoms with E-state index in [0.717, 1.165) is 45.4 Å². The van der Waals surface area contributed by atoms with Gasteiger partial charge in [0, 0.05) is 34.1 Å². The fourth-order valence-corrected chi connectivity index (χ4v) is 5.17. The van der Waals surface area contributed by atoms with E-state index in [1.165, 1.54) is 34.7 Å². The summed E-state index contributed by atoms with van der Waals surface area (Å²) >= 11 is 0. The van der Waals surface area contributed by atoms with Crippen LogP contribution in [-0.4, -0.2) is 15.0 Å². The Kier molecular flexibility index (Phi) is 3.29. The highest BCUT2D eigenvalue weighted by Gasteiger charge is 2.30. The molecule has 0 radical (unpaired) electrons. The average Bonchev–Trinajstić information content (AvgIpc) is 3.32. The molecule has 0 aliphatic heterocycles. The Morgan fingerprint density at radius 2 is 2.03 bits per heavy atom. The first-order chi connectivity index (χ1) is 14.0. The highest BCUT2D eigenvalue weighted by Crippen LogP contribution is 2.45. The first-order valence-corrected chi connectivity index (χ1v) is 10.3. The Balaban J connectivity index is 1.82. The van der Waals surface area contributed by atoms with Crippen LogP contribution in [0.3, 0.4) is 0 Å². The van der Waals surface area contributed by atoms with Gasteiger partial charge in [0.15, 0.2) is 0 Å². The number of H-pyrrole nitrogens is 1. The Hall–Kier alpha value is -3.14. The fraction of sp³-hybridized carbons (Fsp3) is 0.280. The maximum absolute atomic E-state index is 6.07. The molecule has 0 saturated heterocycles. The number of aromatic amines is 1. The van der Waals surface area contributed by atoms with Gasteiger partial charge >= 0.3 is 0 Å². The Bertz CT molecular complexity index is 1410. The fourth-order valence-electron chi connectivity index (χ4n) is 5.17. The number of pyridine rings is 1. The first-order valence-electron chi connectivity index (χ1n) is 10.3. The average molecular weight is 381 g/mol. The van der Waals surface area contributed by atoms with Crippen molar-refractivity contribution in [3.05, 3.63) is 59.6 Å². The molecule has 0 fully saturated rings. The maximum atomic E-state index is 6.07. The van der Waals surface area contributed by atoms with Crippen LogP contribution in [0.2, 0.25) is 0 Å². The molecule has 3 heterocycles. The lowest BCUT2D eigenvalue weighted by molar-refractivity contribution is 0.433. The molecule has 1 aliphatic rings. The van der Waals surface area contributed by atoms with E-state index in [1.54, 1.807) is 6.20 Å². The van der Waals surface area contributed by atoms with Gasteiger partial charge in [-0.1, -0.05) is 26.0 Å². The summed E-state index contributed by atoms with van der Waals surface area (Å²) in [6.45, 7) is 6.81. The van der Waals surface area contributed by atoms with Crippen LogP contribution in [0.4, 0.5) is 0 Å². The number of furan rings is 1. The minimum atomic E-state index is 0.185. The molecule has 3 aromatic heterocycles. The standard InChI is InChI=1S/C25H23N3O/c1-14-13-29-23-17-8-9-18-16(7-4-10-25(18,2)3)20(17)22-21(19(14)23)27-24(28-22)15-6-5-11-26-12-15/h5-6,8-9,11-13H,4,7,10H2,1-3H3,(H,27,28). The molecule has 0 saturated carbocycles. The van der Waals surface area contributed by atoms with E-state index < -0.39 is 0 Å². The molecule has 1 N–H and O–H groups in total. The van der Waals surface area contributed by atoms with E-state index in [1.807, 2.05) is 24.6 Å². The van der Waals surface area contributed by atoms with Gasteiger partial charge < -0.3 is 9.40 Å². The molecular formula is C25H23N3O. The number of aryl methyl sites for hydroxylation is 2. The van der Waals surface area contributed by atoms with Gasteiger partial charge in [0.1, 0.15) is 11.4 Å². The van der Waals surface area contributed by atoms with Gasteiger partial charge in [-0.3, -0.25) is 4.98 Å². The SMILES string of the molecule is Cc1coc2c3ccc4c(c3c3nc(-c5cccnc5)[nH]c3c12)CCCC4(C)C. The maximum Gasteiger partial charge on any atom is 0.144 e. The molecule has 0 atom stereocenters. The van der Waals surface area contributed by atoms with Crippen LogP contribution in [0.15, 0.2) is 47.3 Å². The zero-order valence-corrected chi connectivity index (χ0v) is 17.0. The molecule has 29 heavy (non-hydrogen) atoms. The van der Waals surface area contributed by atoms with Crippen LogP contribution in [0.25, 0.3) is 44.2 Å². The van der Waals surface area contributed by atoms with Gasteiger partial charge in [-0.05, 0) is 60.4 Å². The van der Waals surface area contributed by atoms with Crippen molar-refractivity contribution in [3.8, 4) is 11.4 Å². The lowest BCUT2D eigenvalue weighted by atomic mass is 9.71. The quantitative estimate of drug-likeness (QED) is 0.363. The van der Waals surface area contributed by atoms with Crippen molar-refractivity contribution >= 4 is 32.8 Å². The molecule has 0 amide bonds. The minimum absolute atomic E-state index is 0.185. The van der Waals surface area contributed by atoms with Gasteiger partial charge in [-0.2, -0.15) is 0 Å². The summed E-state index contributed by atoms with van der Waals surface area (Å²) in [5.74, 6) is 0.857. The number of nitrogens with one attached hydrogen (secondary N) is 1. The zero-order valence-electron chi connectivity index (χ0n) is 17.0. The summed E-state index contributed by atoms with van der Waals surface area (Å²) in [6, 6.07) is 8.55. The molecule has 5 aromatic rings. The van der Waals surface area contributed by atoms with E-state index in [4.69, 9.17) is 9.40 Å². The van der Waals surface area contributed by atoms with Crippen molar-refractivity contribution in [1.82, 2.24) is 15.0 Å². The molecule has 6 rings (SSSR count). The van der Waals surface area contributed by atoms with E-state index in [2.05, 4.69) is 42.9 Å². The van der Waals surface area contributed by atoms with Crippen molar-refractivity contribution in [2.24, 2.45) is 0 Å². The highest BCUT2D eigenvalue weighted by atomic mass is 16.3. The second-order valence-corrected chi connectivity index (χ2v) is 8.93. The normalized spacial score (nSPS) is 16.0. The zero-order chi connectivity index (χ0) is 19.8. The summed E-state index contributed by atoms with van der Waals surface area (Å²) < 4.78 is 6.07. The number of benzene rings is 2. The summed E-state index contributed by atoms with van der Waals surface area (Å²) in [7, 11) is 0. The number of fused-ring (bicyclic) bond motifs is 8. The third-order valence-electron chi connectivity index (χ3n) is 6.62. The number of hydrogen-bond donors (Lipinski definition) is 1. The van der Waals surface area contributed by atoms with E-state index in [0.29, 0.717) is 0 Å². The van der Waals surface area contributed by atoms with Crippen LogP contribution < -0.4 is 0 Å². The van der Waals surface area contributed by atoms with Gasteiger partial charge in [0.2, 0.25) is 0 Å². The number of imidazole rings is 1. The molecule has 2 aromatic carbocycles. The monoisotopic (exact) mass is 381 g/mol. The molecule has 4 heteroatoms. The van der Waals surface area contributed by atoms with Crippen molar-refractivity contribution in [3.63, 3.8) is 0 Å². The van der Waals surface area contributed by atoms with Crippen LogP contribution in [0, 0.1) is 6.92 Å². The van der Waals surface area contributed by atoms with E-state index >= 15 is 0 Å². The van der Waals surface area contributed by atoms with Gasteiger partial charge in [-0.25, -0.2) is 4.98 Å². The molecule has 4 nitrogen and oxygen atoms in total. The summed E-state index contributed by atoms with van der Waals surface area (Å²) in [5, 5.41) is 3.55. The molecular weight excluding hydrogens is 358 g/mol. The smallest absolute Gasteiger partial charge is 0.144 e. The van der Waals surface area contributed by atoms with Crippen molar-refractivity contribution in [1.29, 1.82) is 0 Å². The second-order valence-electron chi connectivity index (χ2n) is 8.93. The van der Waals surface area contributed by atoms with E-state index in [9.17, 15) is 0 Å². The summed E-state index contributed by atoms with van der Waals surface area (Å²) in [4.78, 5) is 13.0. The molecule has 1 aliphatic carbocycles. The number of hydrogen-bond acceptors (Lipinski definition) is 3. The molecule has 0 unspecified atom stereocenters. The highest BCUT2D eigenvalue weighted by molar-refractivity contribution is 6.23. The van der Waals surface area contributed by atoms with Crippen molar-refractivity contribution in [2.75, 3.05) is 0 Å². The van der Waals surface area contributed by atoms with E-state index in [-0.39, 0.29) is 5.41 Å². The predicted octanol–water partition coefficient (Wildman–Crippen LogP) is 6.45. The minimum Gasteiger partial charge on any atom is -0.463 e. The van der Waals surface area contributed by atoms with Crippen LogP contribution in [0.1, 0.15) is 43.4 Å². The molecule has 0 bridgehead atoms. The van der Waals surface area contributed by atoms with Gasteiger partial charge in [-0.15, -0.1) is 0 Å². The Morgan fingerprint density at radius 1 is 1.14 bits per heavy atom. The Labute approximate surface area is 169 Å². The third-order valence-corrected chi connectivity index (χ3v) is 6.62. The van der Waals surface area contributed by atoms with Gasteiger partial charge in [0.25, 0.3) is 0 Å². The lowest BCUT2D eigenvalue weighted by Gasteiger charge is -2.33. The molecule has 144 valence electrons. The van der Waals surface area contributed by atoms with Crippen LogP contribution in [0.5, 0.6) is 0 Å². The van der Waals surface area contributed by atoms with Crippen LogP contribution in [-0.2, 0) is 11.8 Å². The lowest BCUT2D eigenvalue weighted by Crippen LogP contribution is -2.23. The third kappa shape index (κ3) is 2.26. The Morgan fingerprint density at radius 3 is 2.86 bits per heavy atom. The largest absolute Gasteiger partial charge is 0.463 e. The van der Waals surface area contributed by atoms with Crippen molar-refractivity contribution in [2.45, 2.75) is 45.4 Å². The topological polar surface area (TPSA) is 54.7 Å².